The lowest BCUT2D eigenvalue weighted by Crippen LogP contribution is -2.31. The van der Waals surface area contributed by atoms with Gasteiger partial charge in [-0.3, -0.25) is 9.69 Å². The number of alkyl halides is 3. The van der Waals surface area contributed by atoms with E-state index < -0.39 is 23.6 Å². The topological polar surface area (TPSA) is 49.8 Å². The van der Waals surface area contributed by atoms with Crippen molar-refractivity contribution in [2.24, 2.45) is 0 Å². The van der Waals surface area contributed by atoms with E-state index in [0.717, 1.165) is 23.6 Å². The van der Waals surface area contributed by atoms with E-state index in [1.807, 2.05) is 43.3 Å². The van der Waals surface area contributed by atoms with Gasteiger partial charge < -0.3 is 9.84 Å². The molecular weight excluding hydrogens is 587 g/mol. The summed E-state index contributed by atoms with van der Waals surface area (Å²) in [6.45, 7) is 3.62. The Morgan fingerprint density at radius 3 is 2.09 bits per heavy atom. The smallest absolute Gasteiger partial charge is 0.417 e. The van der Waals surface area contributed by atoms with Crippen LogP contribution in [-0.4, -0.2) is 35.7 Å². The van der Waals surface area contributed by atoms with E-state index in [1.165, 1.54) is 6.07 Å². The summed E-state index contributed by atoms with van der Waals surface area (Å²) >= 11 is 6.32. The van der Waals surface area contributed by atoms with Gasteiger partial charge in [-0.05, 0) is 53.3 Å². The normalized spacial score (nSPS) is 12.4. The summed E-state index contributed by atoms with van der Waals surface area (Å²) in [6, 6.07) is 31.3. The summed E-state index contributed by atoms with van der Waals surface area (Å²) in [5.74, 6) is -0.890. The second kappa shape index (κ2) is 15.8. The summed E-state index contributed by atoms with van der Waals surface area (Å²) in [5, 5.41) is 9.36. The van der Waals surface area contributed by atoms with Crippen LogP contribution in [0.25, 0.3) is 0 Å². The summed E-state index contributed by atoms with van der Waals surface area (Å²) in [7, 11) is 0. The van der Waals surface area contributed by atoms with Crippen LogP contribution in [-0.2, 0) is 17.5 Å². The molecule has 1 atom stereocenters. The van der Waals surface area contributed by atoms with Crippen LogP contribution >= 0.6 is 11.6 Å². The fourth-order valence-corrected chi connectivity index (χ4v) is 5.74. The van der Waals surface area contributed by atoms with Gasteiger partial charge in [0.05, 0.1) is 23.1 Å². The van der Waals surface area contributed by atoms with E-state index in [9.17, 15) is 23.1 Å². The molecule has 0 radical (unpaired) electrons. The number of aliphatic carboxylic acids is 1. The third-order valence-electron chi connectivity index (χ3n) is 7.65. The van der Waals surface area contributed by atoms with E-state index in [2.05, 4.69) is 29.2 Å². The number of rotatable bonds is 15. The molecule has 4 aromatic rings. The van der Waals surface area contributed by atoms with Crippen molar-refractivity contribution in [2.45, 2.75) is 50.7 Å². The molecule has 4 nitrogen and oxygen atoms in total. The molecule has 8 heteroatoms. The van der Waals surface area contributed by atoms with Crippen molar-refractivity contribution in [3.05, 3.63) is 136 Å². The molecule has 0 aromatic heterocycles. The standard InChI is InChI=1S/C36H37ClF3NO3/c1-2-12-31(35(42)43)28-17-9-19-30(23-28)44-22-11-21-41(24-29-18-10-20-33(34(29)37)36(38,39)40)25-32(26-13-5-3-6-14-26)27-15-7-4-8-16-27/h3-10,13-20,23,31-32H,2,11-12,21-22,24-25H2,1H3,(H,42,43)/t31-/m0/s1. The molecule has 0 saturated carbocycles. The van der Waals surface area contributed by atoms with Crippen molar-refractivity contribution in [3.63, 3.8) is 0 Å². The minimum Gasteiger partial charge on any atom is -0.494 e. The van der Waals surface area contributed by atoms with Gasteiger partial charge in [0.15, 0.2) is 0 Å². The molecule has 0 bridgehead atoms. The fraction of sp³-hybridized carbons (Fsp3) is 0.306. The number of ether oxygens (including phenoxy) is 1. The van der Waals surface area contributed by atoms with E-state index in [0.29, 0.717) is 49.4 Å². The Labute approximate surface area is 262 Å². The maximum atomic E-state index is 13.6. The Morgan fingerprint density at radius 2 is 1.50 bits per heavy atom. The van der Waals surface area contributed by atoms with Gasteiger partial charge in [0, 0.05) is 25.6 Å². The summed E-state index contributed by atoms with van der Waals surface area (Å²) in [6.07, 6.45) is -2.67. The predicted octanol–water partition coefficient (Wildman–Crippen LogP) is 9.43. The number of benzene rings is 4. The van der Waals surface area contributed by atoms with Gasteiger partial charge in [-0.15, -0.1) is 0 Å². The first-order chi connectivity index (χ1) is 21.2. The molecule has 1 N–H and O–H groups in total. The number of hydrogen-bond acceptors (Lipinski definition) is 3. The molecule has 0 unspecified atom stereocenters. The van der Waals surface area contributed by atoms with E-state index in [-0.39, 0.29) is 17.5 Å². The molecule has 44 heavy (non-hydrogen) atoms. The lowest BCUT2D eigenvalue weighted by molar-refractivity contribution is -0.139. The maximum absolute atomic E-state index is 13.6. The van der Waals surface area contributed by atoms with Crippen molar-refractivity contribution in [3.8, 4) is 5.75 Å². The number of hydrogen-bond donors (Lipinski definition) is 1. The largest absolute Gasteiger partial charge is 0.494 e. The van der Waals surface area contributed by atoms with Crippen LogP contribution in [0.5, 0.6) is 5.75 Å². The van der Waals surface area contributed by atoms with Gasteiger partial charge in [0.2, 0.25) is 0 Å². The van der Waals surface area contributed by atoms with E-state index >= 15 is 0 Å². The quantitative estimate of drug-likeness (QED) is 0.134. The Morgan fingerprint density at radius 1 is 0.886 bits per heavy atom. The van der Waals surface area contributed by atoms with Crippen LogP contribution < -0.4 is 4.74 Å². The molecule has 4 rings (SSSR count). The van der Waals surface area contributed by atoms with Gasteiger partial charge in [-0.1, -0.05) is 110 Å². The van der Waals surface area contributed by atoms with Gasteiger partial charge in [0.25, 0.3) is 0 Å². The van der Waals surface area contributed by atoms with Crippen LogP contribution in [0, 0.1) is 0 Å². The molecule has 0 fully saturated rings. The second-order valence-corrected chi connectivity index (χ2v) is 11.2. The van der Waals surface area contributed by atoms with Gasteiger partial charge >= 0.3 is 12.1 Å². The highest BCUT2D eigenvalue weighted by Crippen LogP contribution is 2.37. The minimum atomic E-state index is -4.55. The predicted molar refractivity (Wildman–Crippen MR) is 168 cm³/mol. The Bertz CT molecular complexity index is 1440. The third kappa shape index (κ3) is 9.10. The molecule has 4 aromatic carbocycles. The highest BCUT2D eigenvalue weighted by Gasteiger charge is 2.34. The van der Waals surface area contributed by atoms with Crippen molar-refractivity contribution < 1.29 is 27.8 Å². The van der Waals surface area contributed by atoms with Crippen molar-refractivity contribution >= 4 is 17.6 Å². The molecule has 0 aliphatic rings. The highest BCUT2D eigenvalue weighted by atomic mass is 35.5. The number of halogens is 4. The van der Waals surface area contributed by atoms with Crippen LogP contribution in [0.4, 0.5) is 13.2 Å². The first-order valence-corrected chi connectivity index (χ1v) is 15.2. The Hall–Kier alpha value is -3.81. The van der Waals surface area contributed by atoms with E-state index in [1.54, 1.807) is 30.3 Å². The number of carbonyl (C=O) groups is 1. The molecule has 0 aliphatic heterocycles. The molecule has 0 spiro atoms. The minimum absolute atomic E-state index is 0.0221. The number of carboxylic acids is 1. The average Bonchev–Trinajstić information content (AvgIpc) is 3.01. The van der Waals surface area contributed by atoms with Gasteiger partial charge in [-0.25, -0.2) is 0 Å². The van der Waals surface area contributed by atoms with Crippen LogP contribution in [0.1, 0.15) is 65.8 Å². The van der Waals surface area contributed by atoms with Gasteiger partial charge in [0.1, 0.15) is 5.75 Å². The SMILES string of the molecule is CCC[C@H](C(=O)O)c1cccc(OCCCN(Cc2cccc(C(F)(F)F)c2Cl)CC(c2ccccc2)c2ccccc2)c1. The first-order valence-electron chi connectivity index (χ1n) is 14.8. The van der Waals surface area contributed by atoms with Gasteiger partial charge in [-0.2, -0.15) is 13.2 Å². The zero-order chi connectivity index (χ0) is 31.5. The zero-order valence-electron chi connectivity index (χ0n) is 24.6. The lowest BCUT2D eigenvalue weighted by atomic mass is 9.90. The fourth-order valence-electron chi connectivity index (χ4n) is 5.45. The lowest BCUT2D eigenvalue weighted by Gasteiger charge is -2.29. The molecular formula is C36H37ClF3NO3. The number of nitrogens with zero attached hydrogens (tertiary/aromatic N) is 1. The summed E-state index contributed by atoms with van der Waals surface area (Å²) < 4.78 is 47.0. The molecule has 0 aliphatic carbocycles. The zero-order valence-corrected chi connectivity index (χ0v) is 25.4. The number of carboxylic acid groups (broad SMARTS) is 1. The molecule has 232 valence electrons. The molecule has 0 heterocycles. The third-order valence-corrected chi connectivity index (χ3v) is 8.09. The summed E-state index contributed by atoms with van der Waals surface area (Å²) in [5.41, 5.74) is 2.47. The Balaban J connectivity index is 1.54. The molecule has 0 saturated heterocycles. The van der Waals surface area contributed by atoms with Crippen molar-refractivity contribution in [1.29, 1.82) is 0 Å². The first kappa shape index (κ1) is 33.1. The van der Waals surface area contributed by atoms with E-state index in [4.69, 9.17) is 16.3 Å². The van der Waals surface area contributed by atoms with Crippen molar-refractivity contribution in [1.82, 2.24) is 4.90 Å². The van der Waals surface area contributed by atoms with Crippen LogP contribution in [0.3, 0.4) is 0 Å². The maximum Gasteiger partial charge on any atom is 0.417 e. The van der Waals surface area contributed by atoms with Crippen molar-refractivity contribution in [2.75, 3.05) is 19.7 Å². The Kier molecular flexibility index (Phi) is 11.9. The van der Waals surface area contributed by atoms with Crippen LogP contribution in [0.15, 0.2) is 103 Å². The van der Waals surface area contributed by atoms with Crippen LogP contribution in [0.2, 0.25) is 5.02 Å². The highest BCUT2D eigenvalue weighted by molar-refractivity contribution is 6.32. The second-order valence-electron chi connectivity index (χ2n) is 10.8. The molecule has 0 amide bonds. The summed E-state index contributed by atoms with van der Waals surface area (Å²) in [4.78, 5) is 13.9. The average molecular weight is 624 g/mol. The monoisotopic (exact) mass is 623 g/mol.